The van der Waals surface area contributed by atoms with Crippen molar-refractivity contribution in [3.63, 3.8) is 0 Å². The van der Waals surface area contributed by atoms with Crippen molar-refractivity contribution in [2.75, 3.05) is 5.32 Å². The summed E-state index contributed by atoms with van der Waals surface area (Å²) >= 11 is 0. The van der Waals surface area contributed by atoms with E-state index in [-0.39, 0.29) is 17.9 Å². The fraction of sp³-hybridized carbons (Fsp3) is 0.571. The number of anilines is 1. The second kappa shape index (κ2) is 8.03. The van der Waals surface area contributed by atoms with Crippen LogP contribution >= 0.6 is 0 Å². The van der Waals surface area contributed by atoms with Crippen molar-refractivity contribution >= 4 is 5.69 Å². The third-order valence-electron chi connectivity index (χ3n) is 3.11. The maximum atomic E-state index is 13.4. The highest BCUT2D eigenvalue weighted by atomic mass is 19.2. The lowest BCUT2D eigenvalue weighted by atomic mass is 10.0. The second-order valence-corrected chi connectivity index (χ2v) is 4.67. The average molecular weight is 256 g/mol. The van der Waals surface area contributed by atoms with Crippen LogP contribution in [0.1, 0.15) is 39.5 Å². The van der Waals surface area contributed by atoms with Gasteiger partial charge in [-0.05, 0) is 44.7 Å². The summed E-state index contributed by atoms with van der Waals surface area (Å²) in [6.07, 6.45) is 3.40. The molecule has 2 N–H and O–H groups in total. The van der Waals surface area contributed by atoms with Gasteiger partial charge < -0.3 is 5.32 Å². The van der Waals surface area contributed by atoms with Crippen LogP contribution in [0.2, 0.25) is 0 Å². The fourth-order valence-corrected chi connectivity index (χ4v) is 1.92. The molecule has 1 aromatic carbocycles. The predicted octanol–water partition coefficient (Wildman–Crippen LogP) is 4.05. The minimum absolute atomic E-state index is 0.0642. The molecule has 0 aromatic heterocycles. The van der Waals surface area contributed by atoms with E-state index in [1.165, 1.54) is 6.07 Å². The standard InChI is InChI=1S/C14H22F2N2/c1-3-12(18-16)8-6-7-11(2)17-14-10-5-4-9-13(14)15/h4-5,9-12,17-18H,3,6-8H2,1-2H3. The van der Waals surface area contributed by atoms with E-state index in [0.717, 1.165) is 25.7 Å². The predicted molar refractivity (Wildman–Crippen MR) is 71.7 cm³/mol. The Labute approximate surface area is 108 Å². The molecular weight excluding hydrogens is 234 g/mol. The molecule has 4 heteroatoms. The van der Waals surface area contributed by atoms with Gasteiger partial charge in [0.15, 0.2) is 0 Å². The molecule has 0 heterocycles. The van der Waals surface area contributed by atoms with Gasteiger partial charge in [-0.15, -0.1) is 4.48 Å². The quantitative estimate of drug-likeness (QED) is 0.686. The topological polar surface area (TPSA) is 24.1 Å². The summed E-state index contributed by atoms with van der Waals surface area (Å²) in [6.45, 7) is 3.97. The highest BCUT2D eigenvalue weighted by Crippen LogP contribution is 2.16. The zero-order valence-electron chi connectivity index (χ0n) is 11.0. The van der Waals surface area contributed by atoms with Crippen LogP contribution in [-0.4, -0.2) is 12.1 Å². The van der Waals surface area contributed by atoms with Crippen molar-refractivity contribution in [2.45, 2.75) is 51.6 Å². The van der Waals surface area contributed by atoms with Crippen LogP contribution in [0.25, 0.3) is 0 Å². The molecule has 0 bridgehead atoms. The molecule has 1 rings (SSSR count). The maximum absolute atomic E-state index is 13.4. The van der Waals surface area contributed by atoms with E-state index in [4.69, 9.17) is 0 Å². The summed E-state index contributed by atoms with van der Waals surface area (Å²) in [7, 11) is 0. The molecule has 18 heavy (non-hydrogen) atoms. The van der Waals surface area contributed by atoms with Crippen molar-refractivity contribution in [1.29, 1.82) is 0 Å². The number of hydrogen-bond donors (Lipinski definition) is 2. The molecule has 0 amide bonds. The lowest BCUT2D eigenvalue weighted by Gasteiger charge is -2.17. The molecule has 0 spiro atoms. The number of nitrogens with one attached hydrogen (secondary N) is 2. The maximum Gasteiger partial charge on any atom is 0.146 e. The van der Waals surface area contributed by atoms with E-state index in [0.29, 0.717) is 5.69 Å². The van der Waals surface area contributed by atoms with E-state index in [1.807, 2.05) is 13.8 Å². The van der Waals surface area contributed by atoms with Crippen LogP contribution in [-0.2, 0) is 0 Å². The minimum Gasteiger partial charge on any atom is -0.380 e. The average Bonchev–Trinajstić information content (AvgIpc) is 2.37. The highest BCUT2D eigenvalue weighted by molar-refractivity contribution is 5.44. The van der Waals surface area contributed by atoms with Gasteiger partial charge in [0.1, 0.15) is 5.82 Å². The highest BCUT2D eigenvalue weighted by Gasteiger charge is 2.08. The van der Waals surface area contributed by atoms with Crippen LogP contribution in [0.15, 0.2) is 24.3 Å². The second-order valence-electron chi connectivity index (χ2n) is 4.67. The van der Waals surface area contributed by atoms with Crippen molar-refractivity contribution in [3.8, 4) is 0 Å². The van der Waals surface area contributed by atoms with E-state index in [2.05, 4.69) is 5.32 Å². The van der Waals surface area contributed by atoms with Crippen LogP contribution in [0, 0.1) is 5.82 Å². The first-order valence-electron chi connectivity index (χ1n) is 6.54. The Kier molecular flexibility index (Phi) is 6.65. The summed E-state index contributed by atoms with van der Waals surface area (Å²) in [5.41, 5.74) is 2.33. The summed E-state index contributed by atoms with van der Waals surface area (Å²) in [5, 5.41) is 3.13. The Morgan fingerprint density at radius 3 is 2.56 bits per heavy atom. The summed E-state index contributed by atoms with van der Waals surface area (Å²) in [6, 6.07) is 6.76. The van der Waals surface area contributed by atoms with E-state index in [1.54, 1.807) is 23.7 Å². The SMILES string of the molecule is CCC(CCCC(C)Nc1ccccc1F)NF. The number of rotatable bonds is 8. The van der Waals surface area contributed by atoms with Gasteiger partial charge in [-0.2, -0.15) is 5.54 Å². The van der Waals surface area contributed by atoms with Gasteiger partial charge in [0, 0.05) is 12.1 Å². The molecule has 2 nitrogen and oxygen atoms in total. The van der Waals surface area contributed by atoms with Crippen LogP contribution in [0.4, 0.5) is 14.6 Å². The molecule has 0 fully saturated rings. The first-order valence-corrected chi connectivity index (χ1v) is 6.54. The number of halogens is 2. The largest absolute Gasteiger partial charge is 0.380 e. The Hall–Kier alpha value is -1.16. The normalized spacial score (nSPS) is 14.2. The molecular formula is C14H22F2N2. The zero-order chi connectivity index (χ0) is 13.4. The molecule has 0 saturated carbocycles. The van der Waals surface area contributed by atoms with Gasteiger partial charge in [-0.25, -0.2) is 4.39 Å². The van der Waals surface area contributed by atoms with Gasteiger partial charge in [0.25, 0.3) is 0 Å². The van der Waals surface area contributed by atoms with Crippen molar-refractivity contribution in [1.82, 2.24) is 5.54 Å². The minimum atomic E-state index is -0.235. The monoisotopic (exact) mass is 256 g/mol. The first kappa shape index (κ1) is 14.9. The van der Waals surface area contributed by atoms with Gasteiger partial charge in [-0.1, -0.05) is 19.1 Å². The zero-order valence-corrected chi connectivity index (χ0v) is 11.0. The Bertz CT molecular complexity index is 340. The molecule has 0 saturated heterocycles. The molecule has 0 aliphatic rings. The fourth-order valence-electron chi connectivity index (χ4n) is 1.92. The first-order chi connectivity index (χ1) is 8.67. The van der Waals surface area contributed by atoms with E-state index < -0.39 is 0 Å². The third kappa shape index (κ3) is 5.00. The van der Waals surface area contributed by atoms with Gasteiger partial charge in [0.2, 0.25) is 0 Å². The van der Waals surface area contributed by atoms with Crippen molar-refractivity contribution < 1.29 is 8.87 Å². The number of para-hydroxylation sites is 1. The lowest BCUT2D eigenvalue weighted by Crippen LogP contribution is -2.22. The Morgan fingerprint density at radius 2 is 1.94 bits per heavy atom. The van der Waals surface area contributed by atoms with Crippen LogP contribution in [0.3, 0.4) is 0 Å². The van der Waals surface area contributed by atoms with Crippen LogP contribution in [0.5, 0.6) is 0 Å². The molecule has 102 valence electrons. The number of hydrogen-bond acceptors (Lipinski definition) is 2. The molecule has 2 unspecified atom stereocenters. The summed E-state index contributed by atoms with van der Waals surface area (Å²) in [5.74, 6) is -0.235. The molecule has 0 radical (unpaired) electrons. The molecule has 1 aromatic rings. The Morgan fingerprint density at radius 1 is 1.22 bits per heavy atom. The molecule has 2 atom stereocenters. The van der Waals surface area contributed by atoms with E-state index in [9.17, 15) is 8.87 Å². The third-order valence-corrected chi connectivity index (χ3v) is 3.11. The summed E-state index contributed by atoms with van der Waals surface area (Å²) < 4.78 is 25.7. The number of benzene rings is 1. The molecule has 0 aliphatic heterocycles. The van der Waals surface area contributed by atoms with Crippen molar-refractivity contribution in [2.24, 2.45) is 0 Å². The Balaban J connectivity index is 2.30. The van der Waals surface area contributed by atoms with Gasteiger partial charge in [-0.3, -0.25) is 0 Å². The van der Waals surface area contributed by atoms with Gasteiger partial charge in [0.05, 0.1) is 5.69 Å². The summed E-state index contributed by atoms with van der Waals surface area (Å²) in [4.78, 5) is 0. The van der Waals surface area contributed by atoms with E-state index >= 15 is 0 Å². The molecule has 0 aliphatic carbocycles. The lowest BCUT2D eigenvalue weighted by molar-refractivity contribution is 0.251. The van der Waals surface area contributed by atoms with Crippen LogP contribution < -0.4 is 10.9 Å². The smallest absolute Gasteiger partial charge is 0.146 e. The van der Waals surface area contributed by atoms with Gasteiger partial charge >= 0.3 is 0 Å². The van der Waals surface area contributed by atoms with Crippen molar-refractivity contribution in [3.05, 3.63) is 30.1 Å².